The summed E-state index contributed by atoms with van der Waals surface area (Å²) >= 11 is 1.49. The second-order valence-electron chi connectivity index (χ2n) is 8.43. The van der Waals surface area contributed by atoms with Crippen LogP contribution in [0.3, 0.4) is 0 Å². The van der Waals surface area contributed by atoms with Crippen LogP contribution in [-0.4, -0.2) is 39.4 Å². The maximum absolute atomic E-state index is 13.3. The van der Waals surface area contributed by atoms with Gasteiger partial charge in [0.15, 0.2) is 10.6 Å². The number of thiazole rings is 1. The second kappa shape index (κ2) is 8.92. The Hall–Kier alpha value is -4.95. The molecule has 10 nitrogen and oxygen atoms in total. The topological polar surface area (TPSA) is 120 Å². The Labute approximate surface area is 215 Å². The van der Waals surface area contributed by atoms with E-state index in [4.69, 9.17) is 10.7 Å². The normalized spacial score (nSPS) is 11.9. The molecule has 11 heteroatoms. The maximum atomic E-state index is 13.3. The number of benzene rings is 1. The van der Waals surface area contributed by atoms with Gasteiger partial charge in [0, 0.05) is 36.6 Å². The van der Waals surface area contributed by atoms with Gasteiger partial charge in [-0.2, -0.15) is 5.10 Å². The molecule has 0 saturated heterocycles. The van der Waals surface area contributed by atoms with Gasteiger partial charge < -0.3 is 11.1 Å². The van der Waals surface area contributed by atoms with E-state index in [0.29, 0.717) is 17.0 Å². The summed E-state index contributed by atoms with van der Waals surface area (Å²) in [4.78, 5) is 27.4. The monoisotopic (exact) mass is 507 g/mol. The van der Waals surface area contributed by atoms with Gasteiger partial charge in [0.05, 0.1) is 17.4 Å². The first-order valence-corrected chi connectivity index (χ1v) is 12.3. The van der Waals surface area contributed by atoms with Crippen molar-refractivity contribution >= 4 is 33.7 Å². The van der Waals surface area contributed by atoms with Crippen LogP contribution in [0.5, 0.6) is 0 Å². The number of nitrogens with two attached hydrogens (primary N) is 1. The molecule has 0 aliphatic carbocycles. The zero-order chi connectivity index (χ0) is 25.5. The number of aromatic nitrogens is 7. The molecule has 0 saturated carbocycles. The SMILES string of the molecule is C[C@@H](NC(=O)c1c(N)ncn2ccnc12)c1nc2scc(C#Cc3ccn(C)n3)n2c1-c1ccccc1. The van der Waals surface area contributed by atoms with Crippen molar-refractivity contribution in [1.82, 2.24) is 38.9 Å². The van der Waals surface area contributed by atoms with Crippen molar-refractivity contribution in [3.63, 3.8) is 0 Å². The minimum Gasteiger partial charge on any atom is -0.383 e. The number of aryl methyl sites for hydroxylation is 1. The Bertz CT molecular complexity index is 1830. The van der Waals surface area contributed by atoms with E-state index >= 15 is 0 Å². The molecule has 37 heavy (non-hydrogen) atoms. The van der Waals surface area contributed by atoms with Crippen LogP contribution in [0.1, 0.15) is 40.4 Å². The van der Waals surface area contributed by atoms with Gasteiger partial charge >= 0.3 is 0 Å². The van der Waals surface area contributed by atoms with E-state index in [1.165, 1.54) is 17.7 Å². The fourth-order valence-electron chi connectivity index (χ4n) is 4.21. The van der Waals surface area contributed by atoms with E-state index in [2.05, 4.69) is 32.2 Å². The first-order valence-electron chi connectivity index (χ1n) is 11.4. The highest BCUT2D eigenvalue weighted by atomic mass is 32.1. The van der Waals surface area contributed by atoms with Crippen molar-refractivity contribution in [3.05, 3.63) is 89.3 Å². The summed E-state index contributed by atoms with van der Waals surface area (Å²) in [6.45, 7) is 1.89. The van der Waals surface area contributed by atoms with Gasteiger partial charge in [-0.1, -0.05) is 30.3 Å². The number of anilines is 1. The highest BCUT2D eigenvalue weighted by molar-refractivity contribution is 7.15. The number of amides is 1. The fourth-order valence-corrected chi connectivity index (χ4v) is 5.04. The van der Waals surface area contributed by atoms with Crippen molar-refractivity contribution in [3.8, 4) is 23.1 Å². The Morgan fingerprint density at radius 3 is 2.76 bits per heavy atom. The number of fused-ring (bicyclic) bond motifs is 2. The summed E-state index contributed by atoms with van der Waals surface area (Å²) in [6.07, 6.45) is 6.70. The molecule has 0 aliphatic heterocycles. The zero-order valence-electron chi connectivity index (χ0n) is 20.0. The summed E-state index contributed by atoms with van der Waals surface area (Å²) in [5, 5.41) is 9.36. The summed E-state index contributed by atoms with van der Waals surface area (Å²) in [6, 6.07) is 11.4. The van der Waals surface area contributed by atoms with E-state index in [0.717, 1.165) is 21.9 Å². The summed E-state index contributed by atoms with van der Waals surface area (Å²) < 4.78 is 5.40. The van der Waals surface area contributed by atoms with Crippen LogP contribution >= 0.6 is 11.3 Å². The van der Waals surface area contributed by atoms with Crippen LogP contribution in [-0.2, 0) is 7.05 Å². The standard InChI is InChI=1S/C26H21N9OS/c1-16(30-25(36)20-23(27)29-15-34-13-11-28-24(20)34)21-22(17-6-4-3-5-7-17)35-19(14-37-26(35)31-21)9-8-18-10-12-33(2)32-18/h3-7,10-16H,27H2,1-2H3,(H,30,36)/t16-/m1/s1. The number of rotatable bonds is 4. The molecule has 0 bridgehead atoms. The van der Waals surface area contributed by atoms with Gasteiger partial charge in [-0.15, -0.1) is 11.3 Å². The predicted molar refractivity (Wildman–Crippen MR) is 141 cm³/mol. The van der Waals surface area contributed by atoms with E-state index < -0.39 is 6.04 Å². The quantitative estimate of drug-likeness (QED) is 0.353. The average Bonchev–Trinajstić information content (AvgIpc) is 3.67. The lowest BCUT2D eigenvalue weighted by atomic mass is 10.1. The van der Waals surface area contributed by atoms with Gasteiger partial charge in [0.25, 0.3) is 5.91 Å². The van der Waals surface area contributed by atoms with Crippen molar-refractivity contribution in [1.29, 1.82) is 0 Å². The minimum atomic E-state index is -0.443. The van der Waals surface area contributed by atoms with E-state index in [1.807, 2.05) is 66.3 Å². The molecule has 0 aliphatic rings. The summed E-state index contributed by atoms with van der Waals surface area (Å²) in [5.74, 6) is 6.10. The fraction of sp³-hybridized carbons (Fsp3) is 0.115. The highest BCUT2D eigenvalue weighted by Gasteiger charge is 2.25. The molecule has 0 fully saturated rings. The molecular weight excluding hydrogens is 486 g/mol. The molecule has 5 heterocycles. The number of nitrogen functional groups attached to an aromatic ring is 1. The zero-order valence-corrected chi connectivity index (χ0v) is 20.8. The van der Waals surface area contributed by atoms with Crippen molar-refractivity contribution in [2.45, 2.75) is 13.0 Å². The molecule has 6 rings (SSSR count). The molecule has 1 amide bonds. The van der Waals surface area contributed by atoms with Gasteiger partial charge in [-0.05, 0) is 24.8 Å². The van der Waals surface area contributed by atoms with Gasteiger partial charge in [-0.25, -0.2) is 15.0 Å². The molecular formula is C26H21N9OS. The Balaban J connectivity index is 1.43. The lowest BCUT2D eigenvalue weighted by molar-refractivity contribution is 0.0941. The molecule has 5 aromatic heterocycles. The molecule has 182 valence electrons. The number of carbonyl (C=O) groups is 1. The molecule has 0 radical (unpaired) electrons. The molecule has 3 N–H and O–H groups in total. The molecule has 0 spiro atoms. The highest BCUT2D eigenvalue weighted by Crippen LogP contribution is 2.33. The Morgan fingerprint density at radius 1 is 1.14 bits per heavy atom. The third-order valence-electron chi connectivity index (χ3n) is 5.92. The molecule has 6 aromatic rings. The van der Waals surface area contributed by atoms with E-state index in [-0.39, 0.29) is 17.3 Å². The van der Waals surface area contributed by atoms with E-state index in [1.54, 1.807) is 21.5 Å². The second-order valence-corrected chi connectivity index (χ2v) is 9.27. The van der Waals surface area contributed by atoms with Crippen LogP contribution in [0, 0.1) is 11.8 Å². The number of hydrogen-bond acceptors (Lipinski definition) is 7. The first-order chi connectivity index (χ1) is 18.0. The molecule has 1 atom stereocenters. The third kappa shape index (κ3) is 3.99. The number of imidazole rings is 2. The third-order valence-corrected chi connectivity index (χ3v) is 6.75. The van der Waals surface area contributed by atoms with Crippen LogP contribution in [0.2, 0.25) is 0 Å². The van der Waals surface area contributed by atoms with Gasteiger partial charge in [-0.3, -0.25) is 18.3 Å². The Kier molecular flexibility index (Phi) is 5.43. The largest absolute Gasteiger partial charge is 0.383 e. The van der Waals surface area contributed by atoms with Crippen LogP contribution in [0.15, 0.2) is 66.7 Å². The average molecular weight is 508 g/mol. The van der Waals surface area contributed by atoms with Crippen molar-refractivity contribution < 1.29 is 4.79 Å². The lowest BCUT2D eigenvalue weighted by Crippen LogP contribution is -2.29. The first kappa shape index (κ1) is 22.5. The van der Waals surface area contributed by atoms with Gasteiger partial charge in [0.1, 0.15) is 29.1 Å². The van der Waals surface area contributed by atoms with Crippen molar-refractivity contribution in [2.75, 3.05) is 5.73 Å². The number of nitrogens with zero attached hydrogens (tertiary/aromatic N) is 7. The van der Waals surface area contributed by atoms with Crippen LogP contribution in [0.4, 0.5) is 5.82 Å². The minimum absolute atomic E-state index is 0.115. The molecule has 0 unspecified atom stereocenters. The smallest absolute Gasteiger partial charge is 0.259 e. The number of carbonyl (C=O) groups excluding carboxylic acids is 1. The van der Waals surface area contributed by atoms with E-state index in [9.17, 15) is 4.79 Å². The maximum Gasteiger partial charge on any atom is 0.259 e. The number of hydrogen-bond donors (Lipinski definition) is 2. The lowest BCUT2D eigenvalue weighted by Gasteiger charge is -2.15. The van der Waals surface area contributed by atoms with Gasteiger partial charge in [0.2, 0.25) is 0 Å². The molecule has 1 aromatic carbocycles. The van der Waals surface area contributed by atoms with Crippen molar-refractivity contribution in [2.24, 2.45) is 7.05 Å². The summed E-state index contributed by atoms with van der Waals surface area (Å²) in [5.41, 5.74) is 10.7. The van der Waals surface area contributed by atoms with Crippen LogP contribution < -0.4 is 11.1 Å². The summed E-state index contributed by atoms with van der Waals surface area (Å²) in [7, 11) is 1.86. The predicted octanol–water partition coefficient (Wildman–Crippen LogP) is 3.31. The number of nitrogens with one attached hydrogen (secondary N) is 1. The Morgan fingerprint density at radius 2 is 1.97 bits per heavy atom. The van der Waals surface area contributed by atoms with Crippen LogP contribution in [0.25, 0.3) is 21.9 Å².